The Kier molecular flexibility index (Phi) is 17.4. The molecule has 0 radical (unpaired) electrons. The van der Waals surface area contributed by atoms with Gasteiger partial charge in [0.05, 0.1) is 12.1 Å². The van der Waals surface area contributed by atoms with Gasteiger partial charge < -0.3 is 31.9 Å². The largest absolute Gasteiger partial charge is 0.363 e. The van der Waals surface area contributed by atoms with Gasteiger partial charge in [0.2, 0.25) is 0 Å². The highest BCUT2D eigenvalue weighted by Crippen LogP contribution is 2.22. The van der Waals surface area contributed by atoms with Gasteiger partial charge in [-0.25, -0.2) is 0 Å². The number of hydrogen-bond donors (Lipinski definition) is 6. The smallest absolute Gasteiger partial charge is 0.167 e. The summed E-state index contributed by atoms with van der Waals surface area (Å²) in [5.41, 5.74) is 4.76. The Bertz CT molecular complexity index is 1190. The number of nitrogens with one attached hydrogen (secondary N) is 6. The highest BCUT2D eigenvalue weighted by atomic mass is 32.1. The van der Waals surface area contributed by atoms with E-state index in [1.165, 1.54) is 22.3 Å². The zero-order valence-corrected chi connectivity index (χ0v) is 27.5. The van der Waals surface area contributed by atoms with Crippen molar-refractivity contribution in [1.82, 2.24) is 31.9 Å². The lowest BCUT2D eigenvalue weighted by atomic mass is 9.99. The maximum atomic E-state index is 5.62. The van der Waals surface area contributed by atoms with E-state index in [0.717, 1.165) is 58.5 Å². The molecule has 0 amide bonds. The van der Waals surface area contributed by atoms with Crippen molar-refractivity contribution in [1.29, 1.82) is 0 Å². The molecule has 8 heteroatoms. The lowest BCUT2D eigenvalue weighted by Crippen LogP contribution is -2.39. The van der Waals surface area contributed by atoms with Gasteiger partial charge in [-0.05, 0) is 92.1 Å². The van der Waals surface area contributed by atoms with E-state index in [9.17, 15) is 0 Å². The number of benzene rings is 4. The fraction of sp³-hybridized carbons (Fsp3) is 0.316. The maximum Gasteiger partial charge on any atom is 0.167 e. The summed E-state index contributed by atoms with van der Waals surface area (Å²) >= 11 is 11.2. The average molecular weight is 655 g/mol. The molecular formula is C38H50N6S2. The molecule has 0 aliphatic carbocycles. The molecule has 0 bridgehead atoms. The Hall–Kier alpha value is -3.82. The van der Waals surface area contributed by atoms with Crippen LogP contribution in [-0.2, 0) is 0 Å². The summed E-state index contributed by atoms with van der Waals surface area (Å²) in [5, 5.41) is 22.1. The first-order chi connectivity index (χ1) is 22.2. The Morgan fingerprint density at radius 3 is 0.957 bits per heavy atom. The highest BCUT2D eigenvalue weighted by Gasteiger charge is 2.15. The van der Waals surface area contributed by atoms with Crippen LogP contribution in [0.3, 0.4) is 0 Å². The van der Waals surface area contributed by atoms with Crippen LogP contribution >= 0.6 is 24.4 Å². The molecule has 0 aliphatic heterocycles. The molecule has 0 heterocycles. The number of rotatable bonds is 18. The van der Waals surface area contributed by atoms with Crippen molar-refractivity contribution in [2.45, 2.75) is 38.8 Å². The molecule has 0 unspecified atom stereocenters. The fourth-order valence-electron chi connectivity index (χ4n) is 5.08. The SMILES string of the molecule is C.S=C(NCCCNCCCNCCCNC(=S)NC(c1ccccc1)c1ccccc1)NC(c1ccccc1)c1ccccc1. The molecule has 4 aromatic rings. The lowest BCUT2D eigenvalue weighted by Gasteiger charge is -2.22. The molecule has 0 saturated carbocycles. The van der Waals surface area contributed by atoms with E-state index in [2.05, 4.69) is 129 Å². The van der Waals surface area contributed by atoms with Crippen LogP contribution in [-0.4, -0.2) is 49.5 Å². The molecule has 6 N–H and O–H groups in total. The molecule has 0 aliphatic rings. The summed E-state index contributed by atoms with van der Waals surface area (Å²) < 4.78 is 0. The minimum Gasteiger partial charge on any atom is -0.363 e. The Morgan fingerprint density at radius 2 is 0.674 bits per heavy atom. The summed E-state index contributed by atoms with van der Waals surface area (Å²) in [4.78, 5) is 0. The highest BCUT2D eigenvalue weighted by molar-refractivity contribution is 7.80. The van der Waals surface area contributed by atoms with Gasteiger partial charge >= 0.3 is 0 Å². The Labute approximate surface area is 287 Å². The summed E-state index contributed by atoms with van der Waals surface area (Å²) in [6.45, 7) is 5.55. The van der Waals surface area contributed by atoms with E-state index in [1.807, 2.05) is 24.3 Å². The lowest BCUT2D eigenvalue weighted by molar-refractivity contribution is 0.570. The molecular weight excluding hydrogens is 605 g/mol. The Morgan fingerprint density at radius 1 is 0.413 bits per heavy atom. The molecule has 0 fully saturated rings. The third-order valence-electron chi connectivity index (χ3n) is 7.42. The second-order valence-corrected chi connectivity index (χ2v) is 11.7. The zero-order chi connectivity index (χ0) is 31.4. The Balaban J connectivity index is 0.00000576. The quantitative estimate of drug-likeness (QED) is 0.0539. The van der Waals surface area contributed by atoms with E-state index >= 15 is 0 Å². The predicted molar refractivity (Wildman–Crippen MR) is 203 cm³/mol. The topological polar surface area (TPSA) is 72.2 Å². The van der Waals surface area contributed by atoms with Gasteiger partial charge in [0.15, 0.2) is 10.2 Å². The zero-order valence-electron chi connectivity index (χ0n) is 25.9. The fourth-order valence-corrected chi connectivity index (χ4v) is 5.52. The summed E-state index contributed by atoms with van der Waals surface area (Å²) in [6.07, 6.45) is 3.10. The second kappa shape index (κ2) is 21.8. The van der Waals surface area contributed by atoms with Gasteiger partial charge in [-0.15, -0.1) is 0 Å². The molecule has 244 valence electrons. The van der Waals surface area contributed by atoms with Gasteiger partial charge in [-0.2, -0.15) is 0 Å². The van der Waals surface area contributed by atoms with Gasteiger partial charge in [-0.1, -0.05) is 129 Å². The van der Waals surface area contributed by atoms with Crippen LogP contribution < -0.4 is 31.9 Å². The first kappa shape index (κ1) is 36.6. The van der Waals surface area contributed by atoms with Crippen LogP contribution in [0.15, 0.2) is 121 Å². The van der Waals surface area contributed by atoms with Crippen LogP contribution in [0.4, 0.5) is 0 Å². The molecule has 0 atom stereocenters. The van der Waals surface area contributed by atoms with Crippen LogP contribution in [0, 0.1) is 0 Å². The summed E-state index contributed by atoms with van der Waals surface area (Å²) in [6, 6.07) is 41.7. The molecule has 0 aromatic heterocycles. The van der Waals surface area contributed by atoms with Crippen LogP contribution in [0.2, 0.25) is 0 Å². The average Bonchev–Trinajstić information content (AvgIpc) is 3.09. The van der Waals surface area contributed by atoms with E-state index in [0.29, 0.717) is 10.2 Å². The van der Waals surface area contributed by atoms with Crippen LogP contribution in [0.1, 0.15) is 61.0 Å². The minimum absolute atomic E-state index is 0. The third kappa shape index (κ3) is 13.3. The van der Waals surface area contributed by atoms with E-state index < -0.39 is 0 Å². The summed E-state index contributed by atoms with van der Waals surface area (Å²) in [7, 11) is 0. The normalized spacial score (nSPS) is 10.7. The van der Waals surface area contributed by atoms with Crippen molar-refractivity contribution in [2.75, 3.05) is 39.3 Å². The van der Waals surface area contributed by atoms with Crippen molar-refractivity contribution < 1.29 is 0 Å². The van der Waals surface area contributed by atoms with Crippen molar-refractivity contribution in [3.63, 3.8) is 0 Å². The number of hydrogen-bond acceptors (Lipinski definition) is 4. The first-order valence-electron chi connectivity index (χ1n) is 15.9. The van der Waals surface area contributed by atoms with Crippen LogP contribution in [0.5, 0.6) is 0 Å². The van der Waals surface area contributed by atoms with Crippen molar-refractivity contribution in [3.8, 4) is 0 Å². The third-order valence-corrected chi connectivity index (χ3v) is 7.95. The second-order valence-electron chi connectivity index (χ2n) is 10.9. The van der Waals surface area contributed by atoms with Crippen LogP contribution in [0.25, 0.3) is 0 Å². The van der Waals surface area contributed by atoms with Gasteiger partial charge in [0.1, 0.15) is 0 Å². The first-order valence-corrected chi connectivity index (χ1v) is 16.7. The van der Waals surface area contributed by atoms with Crippen molar-refractivity contribution >= 4 is 34.7 Å². The minimum atomic E-state index is 0. The molecule has 0 saturated heterocycles. The maximum absolute atomic E-state index is 5.62. The molecule has 46 heavy (non-hydrogen) atoms. The van der Waals surface area contributed by atoms with E-state index in [-0.39, 0.29) is 19.5 Å². The van der Waals surface area contributed by atoms with E-state index in [4.69, 9.17) is 24.4 Å². The van der Waals surface area contributed by atoms with Gasteiger partial charge in [-0.3, -0.25) is 0 Å². The van der Waals surface area contributed by atoms with E-state index in [1.54, 1.807) is 0 Å². The monoisotopic (exact) mass is 654 g/mol. The molecule has 4 rings (SSSR count). The molecule has 0 spiro atoms. The van der Waals surface area contributed by atoms with Gasteiger partial charge in [0, 0.05) is 13.1 Å². The standard InChI is InChI=1S/C37H46N6S2.CH4/c44-36(42-34(30-16-5-1-6-17-30)31-18-7-2-8-19-31)40-28-14-26-38-24-13-25-39-27-15-29-41-37(45)43-35(32-20-9-3-10-21-32)33-22-11-4-12-23-33;/h1-12,16-23,34-35,38-39H,13-15,24-29H2,(H2,40,42,44)(H2,41,43,45);1H4. The predicted octanol–water partition coefficient (Wildman–Crippen LogP) is 6.48. The molecule has 6 nitrogen and oxygen atoms in total. The summed E-state index contributed by atoms with van der Waals surface area (Å²) in [5.74, 6) is 0. The van der Waals surface area contributed by atoms with Crippen molar-refractivity contribution in [2.24, 2.45) is 0 Å². The number of thiocarbonyl (C=S) groups is 2. The molecule has 4 aromatic carbocycles. The van der Waals surface area contributed by atoms with Crippen molar-refractivity contribution in [3.05, 3.63) is 144 Å². The van der Waals surface area contributed by atoms with Gasteiger partial charge in [0.25, 0.3) is 0 Å².